The molecule has 0 radical (unpaired) electrons. The van der Waals surface area contributed by atoms with Gasteiger partial charge >= 0.3 is 0 Å². The van der Waals surface area contributed by atoms with Gasteiger partial charge < -0.3 is 4.74 Å². The van der Waals surface area contributed by atoms with Crippen molar-refractivity contribution in [1.82, 2.24) is 14.9 Å². The van der Waals surface area contributed by atoms with Crippen LogP contribution in [0, 0.1) is 4.77 Å². The van der Waals surface area contributed by atoms with Crippen molar-refractivity contribution in [1.29, 1.82) is 0 Å². The number of hydrogen-bond acceptors (Lipinski definition) is 5. The van der Waals surface area contributed by atoms with Crippen LogP contribution in [-0.2, 0) is 0 Å². The lowest BCUT2D eigenvalue weighted by atomic mass is 10.2. The first kappa shape index (κ1) is 15.7. The predicted molar refractivity (Wildman–Crippen MR) is 84.3 cm³/mol. The van der Waals surface area contributed by atoms with Crippen molar-refractivity contribution in [3.05, 3.63) is 49.1 Å². The van der Waals surface area contributed by atoms with Crippen LogP contribution in [0.5, 0.6) is 5.75 Å². The molecule has 0 fully saturated rings. The summed E-state index contributed by atoms with van der Waals surface area (Å²) in [6.45, 7) is 2.29. The zero-order chi connectivity index (χ0) is 15.4. The Balaban J connectivity index is 2.39. The summed E-state index contributed by atoms with van der Waals surface area (Å²) in [5, 5.41) is 10.7. The van der Waals surface area contributed by atoms with Crippen LogP contribution in [-0.4, -0.2) is 27.7 Å². The van der Waals surface area contributed by atoms with Crippen molar-refractivity contribution >= 4 is 41.6 Å². The Morgan fingerprint density at radius 2 is 2.14 bits per heavy atom. The van der Waals surface area contributed by atoms with E-state index in [9.17, 15) is 4.79 Å². The summed E-state index contributed by atoms with van der Waals surface area (Å²) < 4.78 is 6.42. The van der Waals surface area contributed by atoms with Gasteiger partial charge in [-0.2, -0.15) is 14.9 Å². The average Bonchev–Trinajstić information content (AvgIpc) is 2.42. The summed E-state index contributed by atoms with van der Waals surface area (Å²) in [5.41, 5.74) is 0.157. The van der Waals surface area contributed by atoms with E-state index in [0.717, 1.165) is 10.9 Å². The number of hydrogen-bond donors (Lipinski definition) is 1. The van der Waals surface area contributed by atoms with Gasteiger partial charge in [-0.25, -0.2) is 0 Å². The minimum absolute atomic E-state index is 0.0851. The molecular weight excluding hydrogens is 335 g/mol. The van der Waals surface area contributed by atoms with E-state index in [-0.39, 0.29) is 4.77 Å². The zero-order valence-electron chi connectivity index (χ0n) is 10.8. The molecule has 1 aromatic carbocycles. The van der Waals surface area contributed by atoms with Crippen LogP contribution in [0.3, 0.4) is 0 Å². The number of aromatic amines is 1. The first-order valence-electron chi connectivity index (χ1n) is 5.86. The minimum atomic E-state index is -0.446. The fourth-order valence-corrected chi connectivity index (χ4v) is 2.32. The molecule has 110 valence electrons. The summed E-state index contributed by atoms with van der Waals surface area (Å²) in [6.07, 6.45) is 2.49. The molecule has 0 saturated heterocycles. The first-order valence-corrected chi connectivity index (χ1v) is 7.02. The van der Waals surface area contributed by atoms with Crippen molar-refractivity contribution in [2.24, 2.45) is 5.10 Å². The van der Waals surface area contributed by atoms with E-state index in [1.165, 1.54) is 6.21 Å². The third-order valence-electron chi connectivity index (χ3n) is 2.37. The largest absolute Gasteiger partial charge is 0.491 e. The predicted octanol–water partition coefficient (Wildman–Crippen LogP) is 2.89. The van der Waals surface area contributed by atoms with Gasteiger partial charge in [0.15, 0.2) is 5.75 Å². The van der Waals surface area contributed by atoms with Crippen molar-refractivity contribution in [3.8, 4) is 5.75 Å². The number of nitrogens with one attached hydrogen (secondary N) is 1. The highest BCUT2D eigenvalue weighted by Crippen LogP contribution is 2.33. The standard InChI is InChI=1S/C12H10Cl2N4O2S/c1-2-20-11-8(13)3-7(4-9(11)14)5-16-18-10(19)6-15-17-12(18)21/h3-6H,2H2,1H3,(H,17,21)/b16-5-. The Morgan fingerprint density at radius 3 is 2.71 bits per heavy atom. The molecule has 1 N–H and O–H groups in total. The van der Waals surface area contributed by atoms with Crippen LogP contribution in [0.4, 0.5) is 0 Å². The molecule has 6 nitrogen and oxygen atoms in total. The molecule has 0 saturated carbocycles. The molecule has 0 aliphatic heterocycles. The highest BCUT2D eigenvalue weighted by atomic mass is 35.5. The molecule has 0 aliphatic carbocycles. The quantitative estimate of drug-likeness (QED) is 0.683. The highest BCUT2D eigenvalue weighted by molar-refractivity contribution is 7.71. The van der Waals surface area contributed by atoms with Crippen molar-refractivity contribution < 1.29 is 4.74 Å². The van der Waals surface area contributed by atoms with Crippen LogP contribution < -0.4 is 10.3 Å². The third-order valence-corrected chi connectivity index (χ3v) is 3.19. The van der Waals surface area contributed by atoms with Crippen LogP contribution in [0.15, 0.2) is 28.2 Å². The molecule has 0 unspecified atom stereocenters. The SMILES string of the molecule is CCOc1c(Cl)cc(/C=N\n2c(=O)cn[nH]c2=S)cc1Cl. The van der Waals surface area contributed by atoms with Gasteiger partial charge in [0.25, 0.3) is 5.56 Å². The van der Waals surface area contributed by atoms with Gasteiger partial charge in [-0.15, -0.1) is 0 Å². The Morgan fingerprint density at radius 1 is 1.48 bits per heavy atom. The van der Waals surface area contributed by atoms with Gasteiger partial charge in [-0.05, 0) is 36.8 Å². The van der Waals surface area contributed by atoms with Crippen molar-refractivity contribution in [3.63, 3.8) is 0 Å². The number of benzene rings is 1. The molecule has 0 atom stereocenters. The smallest absolute Gasteiger partial charge is 0.293 e. The monoisotopic (exact) mass is 344 g/mol. The number of nitrogens with zero attached hydrogens (tertiary/aromatic N) is 3. The van der Waals surface area contributed by atoms with E-state index >= 15 is 0 Å². The van der Waals surface area contributed by atoms with Crippen LogP contribution in [0.25, 0.3) is 0 Å². The van der Waals surface area contributed by atoms with E-state index < -0.39 is 5.56 Å². The first-order chi connectivity index (χ1) is 10.0. The van der Waals surface area contributed by atoms with E-state index in [1.807, 2.05) is 6.92 Å². The number of H-pyrrole nitrogens is 1. The van der Waals surface area contributed by atoms with E-state index in [4.69, 9.17) is 40.2 Å². The molecule has 9 heteroatoms. The molecule has 2 aromatic rings. The van der Waals surface area contributed by atoms with Gasteiger partial charge in [-0.1, -0.05) is 23.2 Å². The second kappa shape index (κ2) is 6.84. The van der Waals surface area contributed by atoms with Crippen molar-refractivity contribution in [2.45, 2.75) is 6.92 Å². The van der Waals surface area contributed by atoms with Crippen molar-refractivity contribution in [2.75, 3.05) is 6.61 Å². The lowest BCUT2D eigenvalue weighted by Gasteiger charge is -2.08. The van der Waals surface area contributed by atoms with Crippen LogP contribution in [0.1, 0.15) is 12.5 Å². The number of rotatable bonds is 4. The van der Waals surface area contributed by atoms with Gasteiger partial charge in [0, 0.05) is 0 Å². The maximum Gasteiger partial charge on any atom is 0.293 e. The highest BCUT2D eigenvalue weighted by Gasteiger charge is 2.08. The molecular formula is C12H10Cl2N4O2S. The zero-order valence-corrected chi connectivity index (χ0v) is 13.2. The normalized spacial score (nSPS) is 11.0. The topological polar surface area (TPSA) is 72.3 Å². The summed E-state index contributed by atoms with van der Waals surface area (Å²) in [6, 6.07) is 3.25. The van der Waals surface area contributed by atoms with Gasteiger partial charge in [0.05, 0.1) is 22.9 Å². The summed E-state index contributed by atoms with van der Waals surface area (Å²) in [4.78, 5) is 11.6. The van der Waals surface area contributed by atoms with Crippen LogP contribution in [0.2, 0.25) is 10.0 Å². The molecule has 1 aromatic heterocycles. The molecule has 0 bridgehead atoms. The summed E-state index contributed by atoms with van der Waals surface area (Å²) in [7, 11) is 0. The lowest BCUT2D eigenvalue weighted by molar-refractivity contribution is 0.340. The summed E-state index contributed by atoms with van der Waals surface area (Å²) in [5.74, 6) is 0.413. The number of aromatic nitrogens is 3. The lowest BCUT2D eigenvalue weighted by Crippen LogP contribution is -2.18. The number of ether oxygens (including phenoxy) is 1. The Kier molecular flexibility index (Phi) is 5.11. The Labute approximate surface area is 135 Å². The summed E-state index contributed by atoms with van der Waals surface area (Å²) >= 11 is 17.1. The number of halogens is 2. The van der Waals surface area contributed by atoms with Gasteiger partial charge in [0.2, 0.25) is 4.77 Å². The van der Waals surface area contributed by atoms with E-state index in [2.05, 4.69) is 15.3 Å². The van der Waals surface area contributed by atoms with Gasteiger partial charge in [-0.3, -0.25) is 9.89 Å². The molecule has 1 heterocycles. The van der Waals surface area contributed by atoms with Gasteiger partial charge in [0.1, 0.15) is 6.20 Å². The second-order valence-electron chi connectivity index (χ2n) is 3.82. The average molecular weight is 345 g/mol. The maximum atomic E-state index is 11.6. The minimum Gasteiger partial charge on any atom is -0.491 e. The van der Waals surface area contributed by atoms with Crippen LogP contribution >= 0.6 is 35.4 Å². The second-order valence-corrected chi connectivity index (χ2v) is 5.02. The molecule has 0 spiro atoms. The molecule has 2 rings (SSSR count). The fourth-order valence-electron chi connectivity index (χ4n) is 1.51. The third kappa shape index (κ3) is 3.69. The molecule has 0 aliphatic rings. The van der Waals surface area contributed by atoms with E-state index in [1.54, 1.807) is 12.1 Å². The van der Waals surface area contributed by atoms with E-state index in [0.29, 0.717) is 28.0 Å². The Hall–Kier alpha value is -1.70. The molecule has 21 heavy (non-hydrogen) atoms. The maximum absolute atomic E-state index is 11.6. The Bertz CT molecular complexity index is 749. The molecule has 0 amide bonds. The fraction of sp³-hybridized carbons (Fsp3) is 0.167.